The molecule has 1 N–H and O–H groups in total. The summed E-state index contributed by atoms with van der Waals surface area (Å²) in [5.41, 5.74) is 0.839. The Hall–Kier alpha value is -1.42. The molecule has 0 saturated heterocycles. The van der Waals surface area contributed by atoms with Gasteiger partial charge in [0.05, 0.1) is 6.54 Å². The topological polar surface area (TPSA) is 32.3 Å². The summed E-state index contributed by atoms with van der Waals surface area (Å²) in [6.07, 6.45) is 0. The molecule has 0 aliphatic carbocycles. The lowest BCUT2D eigenvalue weighted by Gasteiger charge is -2.16. The first-order valence-electron chi connectivity index (χ1n) is 5.19. The van der Waals surface area contributed by atoms with Crippen LogP contribution < -0.4 is 5.32 Å². The van der Waals surface area contributed by atoms with Crippen LogP contribution in [0.15, 0.2) is 24.3 Å². The number of benzene rings is 1. The number of hydrogen-bond acceptors (Lipinski definition) is 2. The highest BCUT2D eigenvalue weighted by Crippen LogP contribution is 2.12. The van der Waals surface area contributed by atoms with Crippen molar-refractivity contribution in [2.75, 3.05) is 20.6 Å². The molecule has 1 aromatic carbocycles. The van der Waals surface area contributed by atoms with Crippen LogP contribution in [0.2, 0.25) is 0 Å². The Morgan fingerprint density at radius 3 is 2.75 bits per heavy atom. The molecule has 1 amide bonds. The molecular formula is C12H17FN2O. The van der Waals surface area contributed by atoms with Crippen LogP contribution in [0.4, 0.5) is 4.39 Å². The molecule has 0 unspecified atom stereocenters. The van der Waals surface area contributed by atoms with E-state index in [1.54, 1.807) is 20.2 Å². The second-order valence-electron chi connectivity index (χ2n) is 3.95. The van der Waals surface area contributed by atoms with Gasteiger partial charge in [-0.3, -0.25) is 4.79 Å². The van der Waals surface area contributed by atoms with Gasteiger partial charge >= 0.3 is 0 Å². The van der Waals surface area contributed by atoms with Crippen LogP contribution in [0.1, 0.15) is 18.5 Å². The second-order valence-corrected chi connectivity index (χ2v) is 3.95. The molecule has 0 aromatic heterocycles. The van der Waals surface area contributed by atoms with Gasteiger partial charge in [0.2, 0.25) is 5.91 Å². The number of halogens is 1. The van der Waals surface area contributed by atoms with E-state index in [9.17, 15) is 9.18 Å². The highest BCUT2D eigenvalue weighted by molar-refractivity contribution is 5.77. The first kappa shape index (κ1) is 12.6. The fourth-order valence-corrected chi connectivity index (χ4v) is 1.29. The molecular weight excluding hydrogens is 207 g/mol. The van der Waals surface area contributed by atoms with Gasteiger partial charge in [0.25, 0.3) is 0 Å². The molecule has 4 heteroatoms. The smallest absolute Gasteiger partial charge is 0.236 e. The summed E-state index contributed by atoms with van der Waals surface area (Å²) in [5.74, 6) is -0.256. The van der Waals surface area contributed by atoms with Crippen LogP contribution >= 0.6 is 0 Å². The Bertz CT molecular complexity index is 366. The first-order chi connectivity index (χ1) is 7.50. The maximum Gasteiger partial charge on any atom is 0.236 e. The summed E-state index contributed by atoms with van der Waals surface area (Å²) < 4.78 is 13.0. The van der Waals surface area contributed by atoms with Crippen LogP contribution in [-0.4, -0.2) is 31.4 Å². The van der Waals surface area contributed by atoms with Crippen LogP contribution in [0.3, 0.4) is 0 Å². The van der Waals surface area contributed by atoms with Crippen LogP contribution in [0, 0.1) is 5.82 Å². The monoisotopic (exact) mass is 224 g/mol. The minimum Gasteiger partial charge on any atom is -0.348 e. The predicted molar refractivity (Wildman–Crippen MR) is 61.5 cm³/mol. The van der Waals surface area contributed by atoms with Crippen molar-refractivity contribution >= 4 is 5.91 Å². The lowest BCUT2D eigenvalue weighted by Crippen LogP contribution is -2.34. The third-order valence-corrected chi connectivity index (χ3v) is 2.41. The lowest BCUT2D eigenvalue weighted by atomic mass is 10.1. The number of rotatable bonds is 4. The molecule has 3 nitrogen and oxygen atoms in total. The predicted octanol–water partition coefficient (Wildman–Crippen LogP) is 1.56. The number of nitrogens with one attached hydrogen (secondary N) is 1. The molecule has 0 saturated carbocycles. The fourth-order valence-electron chi connectivity index (χ4n) is 1.29. The molecule has 0 aliphatic rings. The van der Waals surface area contributed by atoms with Crippen LogP contribution in [-0.2, 0) is 4.79 Å². The lowest BCUT2D eigenvalue weighted by molar-refractivity contribution is -0.127. The zero-order chi connectivity index (χ0) is 12.1. The summed E-state index contributed by atoms with van der Waals surface area (Å²) >= 11 is 0. The molecule has 0 spiro atoms. The zero-order valence-corrected chi connectivity index (χ0v) is 9.83. The van der Waals surface area contributed by atoms with E-state index in [-0.39, 0.29) is 24.3 Å². The largest absolute Gasteiger partial charge is 0.348 e. The van der Waals surface area contributed by atoms with Gasteiger partial charge in [-0.15, -0.1) is 0 Å². The van der Waals surface area contributed by atoms with E-state index >= 15 is 0 Å². The van der Waals surface area contributed by atoms with E-state index in [0.29, 0.717) is 0 Å². The van der Waals surface area contributed by atoms with E-state index in [1.807, 2.05) is 13.0 Å². The molecule has 1 rings (SSSR count). The average Bonchev–Trinajstić information content (AvgIpc) is 2.25. The number of nitrogens with zero attached hydrogens (tertiary/aromatic N) is 1. The third kappa shape index (κ3) is 3.62. The van der Waals surface area contributed by atoms with Crippen LogP contribution in [0.5, 0.6) is 0 Å². The highest BCUT2D eigenvalue weighted by Gasteiger charge is 2.09. The van der Waals surface area contributed by atoms with Crippen molar-refractivity contribution in [1.82, 2.24) is 10.2 Å². The number of carbonyl (C=O) groups excluding carboxylic acids is 1. The Kier molecular flexibility index (Phi) is 4.43. The molecule has 1 aromatic rings. The number of likely N-dealkylation sites (N-methyl/N-ethyl adjacent to an activating group) is 1. The molecule has 0 heterocycles. The number of carbonyl (C=O) groups is 1. The van der Waals surface area contributed by atoms with Crippen molar-refractivity contribution in [3.8, 4) is 0 Å². The summed E-state index contributed by atoms with van der Waals surface area (Å²) in [4.78, 5) is 12.9. The highest BCUT2D eigenvalue weighted by atomic mass is 19.1. The third-order valence-electron chi connectivity index (χ3n) is 2.41. The van der Waals surface area contributed by atoms with E-state index in [0.717, 1.165) is 5.56 Å². The van der Waals surface area contributed by atoms with Gasteiger partial charge in [-0.1, -0.05) is 12.1 Å². The van der Waals surface area contributed by atoms with Crippen molar-refractivity contribution in [1.29, 1.82) is 0 Å². The molecule has 1 atom stereocenters. The summed E-state index contributed by atoms with van der Waals surface area (Å²) in [5, 5.41) is 3.05. The molecule has 0 fully saturated rings. The average molecular weight is 224 g/mol. The van der Waals surface area contributed by atoms with Crippen molar-refractivity contribution in [3.63, 3.8) is 0 Å². The Morgan fingerprint density at radius 2 is 2.19 bits per heavy atom. The Labute approximate surface area is 95.3 Å². The maximum absolute atomic E-state index is 13.0. The SMILES string of the molecule is C[C@H](NCC(=O)N(C)C)c1cccc(F)c1. The summed E-state index contributed by atoms with van der Waals surface area (Å²) in [7, 11) is 3.41. The van der Waals surface area contributed by atoms with Crippen molar-refractivity contribution in [3.05, 3.63) is 35.6 Å². The van der Waals surface area contributed by atoms with Gasteiger partial charge < -0.3 is 10.2 Å². The molecule has 0 aliphatic heterocycles. The van der Waals surface area contributed by atoms with Gasteiger partial charge in [-0.05, 0) is 24.6 Å². The van der Waals surface area contributed by atoms with E-state index in [4.69, 9.17) is 0 Å². The standard InChI is InChI=1S/C12H17FN2O/c1-9(14-8-12(16)15(2)3)10-5-4-6-11(13)7-10/h4-7,9,14H,8H2,1-3H3/t9-/m0/s1. The maximum atomic E-state index is 13.0. The Morgan fingerprint density at radius 1 is 1.50 bits per heavy atom. The minimum absolute atomic E-state index is 0.00301. The summed E-state index contributed by atoms with van der Waals surface area (Å²) in [6, 6.07) is 6.33. The molecule has 88 valence electrons. The van der Waals surface area contributed by atoms with Crippen molar-refractivity contribution in [2.24, 2.45) is 0 Å². The Balaban J connectivity index is 2.53. The fraction of sp³-hybridized carbons (Fsp3) is 0.417. The van der Waals surface area contributed by atoms with Gasteiger partial charge in [-0.25, -0.2) is 4.39 Å². The van der Waals surface area contributed by atoms with Crippen molar-refractivity contribution < 1.29 is 9.18 Å². The molecule has 0 bridgehead atoms. The van der Waals surface area contributed by atoms with E-state index in [2.05, 4.69) is 5.32 Å². The minimum atomic E-state index is -0.259. The van der Waals surface area contributed by atoms with Gasteiger partial charge in [0.15, 0.2) is 0 Å². The molecule has 0 radical (unpaired) electrons. The quantitative estimate of drug-likeness (QED) is 0.842. The van der Waals surface area contributed by atoms with Crippen LogP contribution in [0.25, 0.3) is 0 Å². The van der Waals surface area contributed by atoms with Gasteiger partial charge in [0, 0.05) is 20.1 Å². The molecule has 16 heavy (non-hydrogen) atoms. The van der Waals surface area contributed by atoms with Crippen molar-refractivity contribution in [2.45, 2.75) is 13.0 Å². The first-order valence-corrected chi connectivity index (χ1v) is 5.19. The normalized spacial score (nSPS) is 12.2. The van der Waals surface area contributed by atoms with Gasteiger partial charge in [0.1, 0.15) is 5.82 Å². The number of amides is 1. The van der Waals surface area contributed by atoms with Gasteiger partial charge in [-0.2, -0.15) is 0 Å². The van der Waals surface area contributed by atoms with E-state index < -0.39 is 0 Å². The zero-order valence-electron chi connectivity index (χ0n) is 9.83. The number of hydrogen-bond donors (Lipinski definition) is 1. The van der Waals surface area contributed by atoms with E-state index in [1.165, 1.54) is 17.0 Å². The summed E-state index contributed by atoms with van der Waals surface area (Å²) in [6.45, 7) is 2.16. The second kappa shape index (κ2) is 5.61.